The van der Waals surface area contributed by atoms with E-state index in [0.717, 1.165) is 17.6 Å². The minimum atomic E-state index is 0.132. The fourth-order valence-corrected chi connectivity index (χ4v) is 2.64. The summed E-state index contributed by atoms with van der Waals surface area (Å²) in [5.74, 6) is 0. The van der Waals surface area contributed by atoms with Crippen LogP contribution in [0.15, 0.2) is 22.7 Å². The van der Waals surface area contributed by atoms with E-state index in [2.05, 4.69) is 85.9 Å². The normalized spacial score (nSPS) is 12.0. The predicted octanol–water partition coefficient (Wildman–Crippen LogP) is 4.96. The molecule has 0 amide bonds. The summed E-state index contributed by atoms with van der Waals surface area (Å²) in [5.41, 5.74) is 2.84. The molecular formula is C17H29BrN2. The van der Waals surface area contributed by atoms with Crippen molar-refractivity contribution < 1.29 is 0 Å². The third-order valence-corrected chi connectivity index (χ3v) is 3.74. The number of hydrogen-bond acceptors (Lipinski definition) is 2. The molecule has 1 aromatic rings. The van der Waals surface area contributed by atoms with Crippen LogP contribution in [0.25, 0.3) is 0 Å². The topological polar surface area (TPSA) is 15.3 Å². The molecule has 0 fully saturated rings. The Morgan fingerprint density at radius 2 is 1.90 bits per heavy atom. The third kappa shape index (κ3) is 5.45. The van der Waals surface area contributed by atoms with Crippen molar-refractivity contribution in [2.75, 3.05) is 11.4 Å². The number of halogens is 1. The summed E-state index contributed by atoms with van der Waals surface area (Å²) in [5, 5.41) is 3.59. The Labute approximate surface area is 133 Å². The monoisotopic (exact) mass is 340 g/mol. The minimum Gasteiger partial charge on any atom is -0.369 e. The van der Waals surface area contributed by atoms with E-state index in [0.29, 0.717) is 6.04 Å². The molecule has 20 heavy (non-hydrogen) atoms. The van der Waals surface area contributed by atoms with Gasteiger partial charge in [0.15, 0.2) is 0 Å². The van der Waals surface area contributed by atoms with Crippen LogP contribution in [0.2, 0.25) is 0 Å². The molecule has 0 heterocycles. The second-order valence-corrected chi connectivity index (χ2v) is 7.58. The number of hydrogen-bond donors (Lipinski definition) is 1. The lowest BCUT2D eigenvalue weighted by Crippen LogP contribution is -2.37. The van der Waals surface area contributed by atoms with Crippen molar-refractivity contribution >= 4 is 21.6 Å². The van der Waals surface area contributed by atoms with E-state index in [1.807, 2.05) is 0 Å². The second-order valence-electron chi connectivity index (χ2n) is 6.66. The summed E-state index contributed by atoms with van der Waals surface area (Å²) in [4.78, 5) is 2.49. The van der Waals surface area contributed by atoms with E-state index in [-0.39, 0.29) is 5.54 Å². The first-order valence-electron chi connectivity index (χ1n) is 7.54. The van der Waals surface area contributed by atoms with Crippen LogP contribution in [-0.2, 0) is 6.54 Å². The Morgan fingerprint density at radius 1 is 1.25 bits per heavy atom. The molecule has 3 heteroatoms. The summed E-state index contributed by atoms with van der Waals surface area (Å²) in [6.07, 6.45) is 1.17. The van der Waals surface area contributed by atoms with Gasteiger partial charge >= 0.3 is 0 Å². The average Bonchev–Trinajstić information content (AvgIpc) is 2.33. The molecule has 1 rings (SSSR count). The van der Waals surface area contributed by atoms with E-state index >= 15 is 0 Å². The van der Waals surface area contributed by atoms with Crippen molar-refractivity contribution in [3.63, 3.8) is 0 Å². The molecule has 0 unspecified atom stereocenters. The maximum absolute atomic E-state index is 3.60. The molecule has 0 aliphatic rings. The Hall–Kier alpha value is -0.540. The van der Waals surface area contributed by atoms with Crippen molar-refractivity contribution in [2.24, 2.45) is 0 Å². The summed E-state index contributed by atoms with van der Waals surface area (Å²) in [6.45, 7) is 15.4. The second kappa shape index (κ2) is 7.46. The lowest BCUT2D eigenvalue weighted by atomic mass is 10.1. The van der Waals surface area contributed by atoms with Gasteiger partial charge in [0.1, 0.15) is 0 Å². The van der Waals surface area contributed by atoms with Gasteiger partial charge in [-0.1, -0.05) is 22.9 Å². The van der Waals surface area contributed by atoms with Crippen LogP contribution >= 0.6 is 15.9 Å². The van der Waals surface area contributed by atoms with Crippen molar-refractivity contribution in [3.8, 4) is 0 Å². The maximum atomic E-state index is 3.60. The van der Waals surface area contributed by atoms with Crippen molar-refractivity contribution in [1.29, 1.82) is 0 Å². The number of rotatable bonds is 6. The molecule has 0 bridgehead atoms. The van der Waals surface area contributed by atoms with Crippen LogP contribution in [0.1, 0.15) is 53.5 Å². The van der Waals surface area contributed by atoms with Crippen molar-refractivity contribution in [2.45, 2.75) is 66.1 Å². The Balaban J connectivity index is 3.05. The largest absolute Gasteiger partial charge is 0.369 e. The number of nitrogens with zero attached hydrogens (tertiary/aromatic N) is 1. The Kier molecular flexibility index (Phi) is 6.53. The first kappa shape index (κ1) is 17.5. The number of nitrogens with one attached hydrogen (secondary N) is 1. The predicted molar refractivity (Wildman–Crippen MR) is 93.5 cm³/mol. The zero-order chi connectivity index (χ0) is 15.3. The molecule has 0 aliphatic heterocycles. The van der Waals surface area contributed by atoms with Gasteiger partial charge < -0.3 is 10.2 Å². The van der Waals surface area contributed by atoms with Crippen LogP contribution in [0.3, 0.4) is 0 Å². The van der Waals surface area contributed by atoms with E-state index in [9.17, 15) is 0 Å². The van der Waals surface area contributed by atoms with Crippen LogP contribution in [0.4, 0.5) is 5.69 Å². The van der Waals surface area contributed by atoms with Gasteiger partial charge in [0, 0.05) is 34.8 Å². The van der Waals surface area contributed by atoms with Gasteiger partial charge in [-0.3, -0.25) is 0 Å². The third-order valence-electron chi connectivity index (χ3n) is 3.25. The molecule has 0 saturated heterocycles. The van der Waals surface area contributed by atoms with Gasteiger partial charge in [-0.2, -0.15) is 0 Å². The molecule has 1 N–H and O–H groups in total. The fourth-order valence-electron chi connectivity index (χ4n) is 2.23. The highest BCUT2D eigenvalue weighted by atomic mass is 79.9. The summed E-state index contributed by atoms with van der Waals surface area (Å²) >= 11 is 3.60. The van der Waals surface area contributed by atoms with Crippen molar-refractivity contribution in [3.05, 3.63) is 28.2 Å². The standard InChI is InChI=1S/C17H29BrN2/c1-7-10-20(13(2)3)16-9-8-15(18)11-14(16)12-19-17(4,5)6/h8-9,11,13,19H,7,10,12H2,1-6H3. The van der Waals surface area contributed by atoms with Gasteiger partial charge in [-0.05, 0) is 64.8 Å². The summed E-state index contributed by atoms with van der Waals surface area (Å²) in [6, 6.07) is 7.13. The molecule has 114 valence electrons. The molecule has 0 aliphatic carbocycles. The molecule has 1 aromatic carbocycles. The number of benzene rings is 1. The van der Waals surface area contributed by atoms with Crippen molar-refractivity contribution in [1.82, 2.24) is 5.32 Å². The average molecular weight is 341 g/mol. The zero-order valence-corrected chi connectivity index (χ0v) is 15.3. The quantitative estimate of drug-likeness (QED) is 0.786. The first-order valence-corrected chi connectivity index (χ1v) is 8.34. The van der Waals surface area contributed by atoms with Gasteiger partial charge in [0.25, 0.3) is 0 Å². The van der Waals surface area contributed by atoms with E-state index in [4.69, 9.17) is 0 Å². The van der Waals surface area contributed by atoms with E-state index < -0.39 is 0 Å². The first-order chi connectivity index (χ1) is 9.24. The maximum Gasteiger partial charge on any atom is 0.0414 e. The summed E-state index contributed by atoms with van der Waals surface area (Å²) < 4.78 is 1.15. The Morgan fingerprint density at radius 3 is 2.40 bits per heavy atom. The molecule has 0 spiro atoms. The smallest absolute Gasteiger partial charge is 0.0414 e. The molecule has 0 aromatic heterocycles. The lowest BCUT2D eigenvalue weighted by molar-refractivity contribution is 0.424. The Bertz CT molecular complexity index is 421. The minimum absolute atomic E-state index is 0.132. The highest BCUT2D eigenvalue weighted by Crippen LogP contribution is 2.27. The van der Waals surface area contributed by atoms with Gasteiger partial charge in [-0.25, -0.2) is 0 Å². The van der Waals surface area contributed by atoms with Gasteiger partial charge in [-0.15, -0.1) is 0 Å². The van der Waals surface area contributed by atoms with E-state index in [1.54, 1.807) is 0 Å². The highest BCUT2D eigenvalue weighted by molar-refractivity contribution is 9.10. The molecule has 2 nitrogen and oxygen atoms in total. The van der Waals surface area contributed by atoms with Gasteiger partial charge in [0.05, 0.1) is 0 Å². The molecule has 0 radical (unpaired) electrons. The van der Waals surface area contributed by atoms with Crippen LogP contribution in [0, 0.1) is 0 Å². The lowest BCUT2D eigenvalue weighted by Gasteiger charge is -2.32. The highest BCUT2D eigenvalue weighted by Gasteiger charge is 2.16. The van der Waals surface area contributed by atoms with E-state index in [1.165, 1.54) is 17.7 Å². The van der Waals surface area contributed by atoms with Crippen LogP contribution in [-0.4, -0.2) is 18.1 Å². The van der Waals surface area contributed by atoms with Crippen LogP contribution < -0.4 is 10.2 Å². The molecule has 0 saturated carbocycles. The SMILES string of the molecule is CCCN(c1ccc(Br)cc1CNC(C)(C)C)C(C)C. The number of anilines is 1. The molecular weight excluding hydrogens is 312 g/mol. The van der Waals surface area contributed by atoms with Gasteiger partial charge in [0.2, 0.25) is 0 Å². The fraction of sp³-hybridized carbons (Fsp3) is 0.647. The van der Waals surface area contributed by atoms with Crippen LogP contribution in [0.5, 0.6) is 0 Å². The zero-order valence-electron chi connectivity index (χ0n) is 13.8. The summed E-state index contributed by atoms with van der Waals surface area (Å²) in [7, 11) is 0. The molecule has 0 atom stereocenters.